The number of anilines is 1. The summed E-state index contributed by atoms with van der Waals surface area (Å²) >= 11 is 5.86. The van der Waals surface area contributed by atoms with Crippen molar-refractivity contribution in [3.63, 3.8) is 0 Å². The van der Waals surface area contributed by atoms with Gasteiger partial charge in [-0.25, -0.2) is 4.90 Å². The quantitative estimate of drug-likeness (QED) is 0.864. The number of amides is 2. The van der Waals surface area contributed by atoms with Gasteiger partial charge in [-0.15, -0.1) is 0 Å². The molecule has 20 heavy (non-hydrogen) atoms. The Balaban J connectivity index is 2.09. The molecule has 0 spiro atoms. The third-order valence-corrected chi connectivity index (χ3v) is 3.44. The van der Waals surface area contributed by atoms with E-state index in [1.807, 2.05) is 0 Å². The molecule has 0 radical (unpaired) electrons. The van der Waals surface area contributed by atoms with E-state index in [0.717, 1.165) is 4.90 Å². The maximum atomic E-state index is 12.3. The molecule has 4 nitrogen and oxygen atoms in total. The van der Waals surface area contributed by atoms with Crippen molar-refractivity contribution in [2.24, 2.45) is 0 Å². The Bertz CT molecular complexity index is 727. The Morgan fingerprint density at radius 2 is 1.75 bits per heavy atom. The maximum Gasteiger partial charge on any atom is 0.266 e. The van der Waals surface area contributed by atoms with Gasteiger partial charge in [0, 0.05) is 5.02 Å². The first-order valence-electron chi connectivity index (χ1n) is 6.00. The van der Waals surface area contributed by atoms with Crippen LogP contribution in [0.1, 0.15) is 26.3 Å². The molecule has 0 aliphatic carbocycles. The number of nitrogens with zero attached hydrogens (tertiary/aromatic N) is 1. The molecule has 2 aromatic rings. The van der Waals surface area contributed by atoms with E-state index in [-0.39, 0.29) is 12.5 Å². The Morgan fingerprint density at radius 1 is 1.00 bits per heavy atom. The summed E-state index contributed by atoms with van der Waals surface area (Å²) in [5.74, 6) is -0.778. The number of fused-ring (bicyclic) bond motifs is 1. The van der Waals surface area contributed by atoms with Gasteiger partial charge in [0.1, 0.15) is 0 Å². The second-order valence-corrected chi connectivity index (χ2v) is 4.90. The summed E-state index contributed by atoms with van der Waals surface area (Å²) in [7, 11) is 0. The van der Waals surface area contributed by atoms with Crippen LogP contribution < -0.4 is 4.90 Å². The van der Waals surface area contributed by atoms with Crippen LogP contribution in [0.25, 0.3) is 0 Å². The Labute approximate surface area is 120 Å². The molecule has 0 atom stereocenters. The number of hydrogen-bond acceptors (Lipinski definition) is 3. The topological polar surface area (TPSA) is 57.6 Å². The summed E-state index contributed by atoms with van der Waals surface area (Å²) in [5.41, 5.74) is 1.72. The first-order chi connectivity index (χ1) is 9.61. The van der Waals surface area contributed by atoms with E-state index in [2.05, 4.69) is 0 Å². The summed E-state index contributed by atoms with van der Waals surface area (Å²) in [6.45, 7) is -0.150. The third kappa shape index (κ3) is 1.90. The van der Waals surface area contributed by atoms with Crippen molar-refractivity contribution in [1.82, 2.24) is 0 Å². The lowest BCUT2D eigenvalue weighted by molar-refractivity contribution is 0.0926. The fourth-order valence-corrected chi connectivity index (χ4v) is 2.41. The molecule has 0 fully saturated rings. The van der Waals surface area contributed by atoms with E-state index < -0.39 is 5.91 Å². The molecule has 1 N–H and O–H groups in total. The number of aliphatic hydroxyl groups is 1. The number of carbonyl (C=O) groups is 2. The monoisotopic (exact) mass is 287 g/mol. The number of halogens is 1. The van der Waals surface area contributed by atoms with Gasteiger partial charge in [0.15, 0.2) is 0 Å². The number of imide groups is 1. The van der Waals surface area contributed by atoms with Crippen LogP contribution >= 0.6 is 11.6 Å². The van der Waals surface area contributed by atoms with Gasteiger partial charge in [-0.2, -0.15) is 0 Å². The summed E-state index contributed by atoms with van der Waals surface area (Å²) in [6.07, 6.45) is 0. The van der Waals surface area contributed by atoms with E-state index in [1.54, 1.807) is 36.4 Å². The van der Waals surface area contributed by atoms with Gasteiger partial charge in [0.25, 0.3) is 11.8 Å². The van der Waals surface area contributed by atoms with Gasteiger partial charge in [0.2, 0.25) is 0 Å². The lowest BCUT2D eigenvalue weighted by Crippen LogP contribution is -2.29. The molecule has 1 heterocycles. The zero-order chi connectivity index (χ0) is 14.3. The average Bonchev–Trinajstić information content (AvgIpc) is 2.70. The van der Waals surface area contributed by atoms with Crippen LogP contribution in [0.4, 0.5) is 5.69 Å². The van der Waals surface area contributed by atoms with Crippen molar-refractivity contribution >= 4 is 29.1 Å². The first kappa shape index (κ1) is 12.8. The molecular formula is C15H10ClNO3. The van der Waals surface area contributed by atoms with Gasteiger partial charge in [-0.1, -0.05) is 23.7 Å². The summed E-state index contributed by atoms with van der Waals surface area (Å²) in [4.78, 5) is 25.8. The fraction of sp³-hybridized carbons (Fsp3) is 0.0667. The molecule has 0 saturated carbocycles. The van der Waals surface area contributed by atoms with Crippen molar-refractivity contribution < 1.29 is 14.7 Å². The Hall–Kier alpha value is -2.17. The number of hydrogen-bond donors (Lipinski definition) is 1. The normalized spacial score (nSPS) is 13.8. The molecule has 0 bridgehead atoms. The summed E-state index contributed by atoms with van der Waals surface area (Å²) in [6, 6.07) is 11.3. The van der Waals surface area contributed by atoms with Crippen molar-refractivity contribution in [2.75, 3.05) is 4.90 Å². The fourth-order valence-electron chi connectivity index (χ4n) is 2.24. The highest BCUT2D eigenvalue weighted by Crippen LogP contribution is 2.30. The van der Waals surface area contributed by atoms with E-state index in [0.29, 0.717) is 27.4 Å². The standard InChI is InChI=1S/C15H10ClNO3/c16-10-4-5-12-13(7-10)15(20)17(14(12)19)11-3-1-2-9(6-11)8-18/h1-7,18H,8H2. The third-order valence-electron chi connectivity index (χ3n) is 3.20. The van der Waals surface area contributed by atoms with Gasteiger partial charge in [0.05, 0.1) is 23.4 Å². The minimum Gasteiger partial charge on any atom is -0.392 e. The molecule has 3 rings (SSSR count). The SMILES string of the molecule is O=C1c2ccc(Cl)cc2C(=O)N1c1cccc(CO)c1. The number of carbonyl (C=O) groups excluding carboxylic acids is 2. The first-order valence-corrected chi connectivity index (χ1v) is 6.38. The molecule has 0 aromatic heterocycles. The highest BCUT2D eigenvalue weighted by atomic mass is 35.5. The summed E-state index contributed by atoms with van der Waals surface area (Å²) < 4.78 is 0. The molecular weight excluding hydrogens is 278 g/mol. The minimum absolute atomic E-state index is 0.150. The molecule has 5 heteroatoms. The molecule has 2 aromatic carbocycles. The van der Waals surface area contributed by atoms with Crippen molar-refractivity contribution in [1.29, 1.82) is 0 Å². The smallest absolute Gasteiger partial charge is 0.266 e. The van der Waals surface area contributed by atoms with E-state index in [1.165, 1.54) is 6.07 Å². The van der Waals surface area contributed by atoms with Crippen LogP contribution in [0.5, 0.6) is 0 Å². The van der Waals surface area contributed by atoms with Crippen LogP contribution in [-0.4, -0.2) is 16.9 Å². The molecule has 0 saturated heterocycles. The molecule has 2 amide bonds. The maximum absolute atomic E-state index is 12.3. The van der Waals surface area contributed by atoms with Gasteiger partial charge in [-0.05, 0) is 35.9 Å². The van der Waals surface area contributed by atoms with E-state index in [4.69, 9.17) is 16.7 Å². The minimum atomic E-state index is -0.400. The van der Waals surface area contributed by atoms with E-state index in [9.17, 15) is 9.59 Å². The zero-order valence-corrected chi connectivity index (χ0v) is 11.1. The Morgan fingerprint density at radius 3 is 2.50 bits per heavy atom. The Kier molecular flexibility index (Phi) is 3.04. The lowest BCUT2D eigenvalue weighted by atomic mass is 10.1. The van der Waals surface area contributed by atoms with Gasteiger partial charge in [-0.3, -0.25) is 9.59 Å². The second-order valence-electron chi connectivity index (χ2n) is 4.46. The lowest BCUT2D eigenvalue weighted by Gasteiger charge is -2.14. The number of aliphatic hydroxyl groups excluding tert-OH is 1. The van der Waals surface area contributed by atoms with Crippen LogP contribution in [-0.2, 0) is 6.61 Å². The van der Waals surface area contributed by atoms with E-state index >= 15 is 0 Å². The molecule has 1 aliphatic heterocycles. The number of rotatable bonds is 2. The van der Waals surface area contributed by atoms with Crippen molar-refractivity contribution in [3.8, 4) is 0 Å². The summed E-state index contributed by atoms with van der Waals surface area (Å²) in [5, 5.41) is 9.55. The van der Waals surface area contributed by atoms with Crippen molar-refractivity contribution in [2.45, 2.75) is 6.61 Å². The highest BCUT2D eigenvalue weighted by Gasteiger charge is 2.36. The highest BCUT2D eigenvalue weighted by molar-refractivity contribution is 6.36. The van der Waals surface area contributed by atoms with Crippen molar-refractivity contribution in [3.05, 3.63) is 64.2 Å². The largest absolute Gasteiger partial charge is 0.392 e. The second kappa shape index (κ2) is 4.74. The predicted molar refractivity (Wildman–Crippen MR) is 75.0 cm³/mol. The predicted octanol–water partition coefficient (Wildman–Crippen LogP) is 2.63. The zero-order valence-electron chi connectivity index (χ0n) is 10.3. The van der Waals surface area contributed by atoms with Crippen LogP contribution in [0.15, 0.2) is 42.5 Å². The molecule has 0 unspecified atom stereocenters. The van der Waals surface area contributed by atoms with Gasteiger partial charge < -0.3 is 5.11 Å². The number of benzene rings is 2. The average molecular weight is 288 g/mol. The molecule has 1 aliphatic rings. The van der Waals surface area contributed by atoms with Gasteiger partial charge >= 0.3 is 0 Å². The van der Waals surface area contributed by atoms with Crippen LogP contribution in [0, 0.1) is 0 Å². The van der Waals surface area contributed by atoms with Crippen LogP contribution in [0.3, 0.4) is 0 Å². The van der Waals surface area contributed by atoms with Crippen LogP contribution in [0.2, 0.25) is 5.02 Å². The molecule has 100 valence electrons.